The highest BCUT2D eigenvalue weighted by molar-refractivity contribution is 5.35. The third-order valence-corrected chi connectivity index (χ3v) is 2.70. The van der Waals surface area contributed by atoms with Gasteiger partial charge in [-0.25, -0.2) is 0 Å². The lowest BCUT2D eigenvalue weighted by atomic mass is 10.1. The number of likely N-dealkylation sites (N-methyl/N-ethyl adjacent to an activating group) is 1. The Morgan fingerprint density at radius 1 is 1.40 bits per heavy atom. The second kappa shape index (κ2) is 5.73. The van der Waals surface area contributed by atoms with E-state index < -0.39 is 0 Å². The zero-order valence-corrected chi connectivity index (χ0v) is 9.60. The van der Waals surface area contributed by atoms with E-state index >= 15 is 0 Å². The van der Waals surface area contributed by atoms with Gasteiger partial charge in [-0.05, 0) is 20.0 Å². The van der Waals surface area contributed by atoms with Crippen molar-refractivity contribution in [3.63, 3.8) is 0 Å². The zero-order chi connectivity index (χ0) is 11.3. The summed E-state index contributed by atoms with van der Waals surface area (Å²) < 4.78 is 5.31. The van der Waals surface area contributed by atoms with Crippen LogP contribution in [0.5, 0.6) is 5.75 Å². The molecule has 0 radical (unpaired) electrons. The van der Waals surface area contributed by atoms with Crippen LogP contribution in [0.3, 0.4) is 0 Å². The van der Waals surface area contributed by atoms with Crippen LogP contribution in [-0.4, -0.2) is 37.3 Å². The average Bonchev–Trinajstić information content (AvgIpc) is 2.28. The maximum Gasteiger partial charge on any atom is 0.123 e. The quantitative estimate of drug-likeness (QED) is 0.801. The molecule has 1 atom stereocenters. The monoisotopic (exact) mass is 209 g/mol. The van der Waals surface area contributed by atoms with E-state index in [0.29, 0.717) is 6.54 Å². The second-order valence-corrected chi connectivity index (χ2v) is 3.62. The lowest BCUT2D eigenvalue weighted by Gasteiger charge is -2.25. The van der Waals surface area contributed by atoms with Gasteiger partial charge in [0.25, 0.3) is 0 Å². The first-order valence-electron chi connectivity index (χ1n) is 5.14. The average molecular weight is 209 g/mol. The number of rotatable bonds is 5. The van der Waals surface area contributed by atoms with Gasteiger partial charge >= 0.3 is 0 Å². The molecule has 15 heavy (non-hydrogen) atoms. The van der Waals surface area contributed by atoms with Gasteiger partial charge in [0.05, 0.1) is 13.7 Å². The number of methoxy groups -OCH3 is 1. The molecule has 84 valence electrons. The second-order valence-electron chi connectivity index (χ2n) is 3.62. The van der Waals surface area contributed by atoms with Gasteiger partial charge in [-0.3, -0.25) is 4.90 Å². The Hall–Kier alpha value is -1.06. The lowest BCUT2D eigenvalue weighted by molar-refractivity contribution is 0.186. The number of para-hydroxylation sites is 1. The minimum Gasteiger partial charge on any atom is -0.496 e. The van der Waals surface area contributed by atoms with Gasteiger partial charge in [0, 0.05) is 18.2 Å². The van der Waals surface area contributed by atoms with Crippen LogP contribution < -0.4 is 4.74 Å². The number of aliphatic hydroxyl groups is 1. The summed E-state index contributed by atoms with van der Waals surface area (Å²) in [6, 6.07) is 8.21. The third kappa shape index (κ3) is 2.94. The molecule has 1 aromatic carbocycles. The number of hydrogen-bond donors (Lipinski definition) is 1. The van der Waals surface area contributed by atoms with Crippen LogP contribution in [0.1, 0.15) is 18.5 Å². The third-order valence-electron chi connectivity index (χ3n) is 2.70. The molecule has 0 aliphatic heterocycles. The first kappa shape index (κ1) is 12.0. The van der Waals surface area contributed by atoms with Crippen LogP contribution in [0.2, 0.25) is 0 Å². The summed E-state index contributed by atoms with van der Waals surface area (Å²) in [6.45, 7) is 2.95. The van der Waals surface area contributed by atoms with Gasteiger partial charge in [0.2, 0.25) is 0 Å². The van der Waals surface area contributed by atoms with Crippen LogP contribution >= 0.6 is 0 Å². The molecule has 0 unspecified atom stereocenters. The topological polar surface area (TPSA) is 32.7 Å². The van der Waals surface area contributed by atoms with Crippen LogP contribution in [0.15, 0.2) is 24.3 Å². The molecular weight excluding hydrogens is 190 g/mol. The van der Waals surface area contributed by atoms with Crippen molar-refractivity contribution in [2.45, 2.75) is 13.0 Å². The van der Waals surface area contributed by atoms with Crippen molar-refractivity contribution in [2.75, 3.05) is 27.3 Å². The number of ether oxygens (including phenoxy) is 1. The fourth-order valence-electron chi connectivity index (χ4n) is 1.60. The smallest absolute Gasteiger partial charge is 0.123 e. The van der Waals surface area contributed by atoms with E-state index in [0.717, 1.165) is 11.3 Å². The molecule has 3 nitrogen and oxygen atoms in total. The SMILES string of the molecule is COc1ccccc1[C@@H](C)N(C)CCO. The standard InChI is InChI=1S/C12H19NO2/c1-10(13(2)8-9-14)11-6-4-5-7-12(11)15-3/h4-7,10,14H,8-9H2,1-3H3/t10-/m1/s1. The summed E-state index contributed by atoms with van der Waals surface area (Å²) in [5, 5.41) is 8.89. The van der Waals surface area contributed by atoms with Gasteiger partial charge in [0.1, 0.15) is 5.75 Å². The fourth-order valence-corrected chi connectivity index (χ4v) is 1.60. The van der Waals surface area contributed by atoms with Crippen molar-refractivity contribution in [1.29, 1.82) is 0 Å². The Balaban J connectivity index is 2.84. The van der Waals surface area contributed by atoms with Crippen molar-refractivity contribution < 1.29 is 9.84 Å². The van der Waals surface area contributed by atoms with Gasteiger partial charge in [-0.2, -0.15) is 0 Å². The van der Waals surface area contributed by atoms with Crippen LogP contribution in [-0.2, 0) is 0 Å². The molecule has 0 aliphatic carbocycles. The van der Waals surface area contributed by atoms with E-state index in [1.54, 1.807) is 7.11 Å². The van der Waals surface area contributed by atoms with Crippen molar-refractivity contribution in [3.05, 3.63) is 29.8 Å². The zero-order valence-electron chi connectivity index (χ0n) is 9.60. The van der Waals surface area contributed by atoms with E-state index in [4.69, 9.17) is 9.84 Å². The molecule has 1 rings (SSSR count). The van der Waals surface area contributed by atoms with E-state index in [-0.39, 0.29) is 12.6 Å². The Morgan fingerprint density at radius 3 is 2.67 bits per heavy atom. The van der Waals surface area contributed by atoms with Crippen molar-refractivity contribution in [2.24, 2.45) is 0 Å². The molecule has 1 N–H and O–H groups in total. The summed E-state index contributed by atoms with van der Waals surface area (Å²) in [7, 11) is 3.67. The van der Waals surface area contributed by atoms with E-state index in [1.807, 2.05) is 25.2 Å². The minimum atomic E-state index is 0.177. The first-order chi connectivity index (χ1) is 7.20. The Bertz CT molecular complexity index is 301. The molecule has 3 heteroatoms. The molecule has 0 aliphatic rings. The fraction of sp³-hybridized carbons (Fsp3) is 0.500. The largest absolute Gasteiger partial charge is 0.496 e. The molecule has 0 saturated carbocycles. The van der Waals surface area contributed by atoms with Crippen molar-refractivity contribution in [3.8, 4) is 5.75 Å². The maximum absolute atomic E-state index is 8.89. The number of hydrogen-bond acceptors (Lipinski definition) is 3. The Morgan fingerprint density at radius 2 is 2.07 bits per heavy atom. The summed E-state index contributed by atoms with van der Waals surface area (Å²) >= 11 is 0. The Kier molecular flexibility index (Phi) is 4.59. The highest BCUT2D eigenvalue weighted by Gasteiger charge is 2.14. The molecule has 0 aromatic heterocycles. The molecule has 0 heterocycles. The molecule has 0 saturated heterocycles. The summed E-state index contributed by atoms with van der Waals surface area (Å²) in [6.07, 6.45) is 0. The van der Waals surface area contributed by atoms with Gasteiger partial charge in [-0.1, -0.05) is 18.2 Å². The van der Waals surface area contributed by atoms with Gasteiger partial charge in [-0.15, -0.1) is 0 Å². The Labute approximate surface area is 91.3 Å². The highest BCUT2D eigenvalue weighted by Crippen LogP contribution is 2.27. The number of nitrogens with zero attached hydrogens (tertiary/aromatic N) is 1. The molecule has 0 fully saturated rings. The highest BCUT2D eigenvalue weighted by atomic mass is 16.5. The van der Waals surface area contributed by atoms with E-state index in [1.165, 1.54) is 0 Å². The summed E-state index contributed by atoms with van der Waals surface area (Å²) in [5.41, 5.74) is 1.15. The first-order valence-corrected chi connectivity index (χ1v) is 5.14. The van der Waals surface area contributed by atoms with Crippen molar-refractivity contribution >= 4 is 0 Å². The van der Waals surface area contributed by atoms with Crippen molar-refractivity contribution in [1.82, 2.24) is 4.90 Å². The van der Waals surface area contributed by atoms with E-state index in [9.17, 15) is 0 Å². The normalized spacial score (nSPS) is 12.9. The minimum absolute atomic E-state index is 0.177. The van der Waals surface area contributed by atoms with Crippen LogP contribution in [0, 0.1) is 0 Å². The molecule has 1 aromatic rings. The summed E-state index contributed by atoms with van der Waals surface area (Å²) in [4.78, 5) is 2.10. The molecular formula is C12H19NO2. The maximum atomic E-state index is 8.89. The van der Waals surface area contributed by atoms with E-state index in [2.05, 4.69) is 17.9 Å². The van der Waals surface area contributed by atoms with Crippen LogP contribution in [0.25, 0.3) is 0 Å². The van der Waals surface area contributed by atoms with Gasteiger partial charge < -0.3 is 9.84 Å². The number of benzene rings is 1. The molecule has 0 spiro atoms. The van der Waals surface area contributed by atoms with Crippen LogP contribution in [0.4, 0.5) is 0 Å². The molecule has 0 amide bonds. The molecule has 0 bridgehead atoms. The summed E-state index contributed by atoms with van der Waals surface area (Å²) in [5.74, 6) is 0.898. The predicted molar refractivity (Wildman–Crippen MR) is 61.1 cm³/mol. The predicted octanol–water partition coefficient (Wildman–Crippen LogP) is 1.68. The number of aliphatic hydroxyl groups excluding tert-OH is 1. The lowest BCUT2D eigenvalue weighted by Crippen LogP contribution is -2.25. The van der Waals surface area contributed by atoms with Gasteiger partial charge in [0.15, 0.2) is 0 Å².